The van der Waals surface area contributed by atoms with Crippen LogP contribution in [-0.4, -0.2) is 21.5 Å². The zero-order chi connectivity index (χ0) is 14.7. The number of hydrogen-bond acceptors (Lipinski definition) is 4. The van der Waals surface area contributed by atoms with Crippen LogP contribution in [0.5, 0.6) is 0 Å². The molecule has 5 heteroatoms. The highest BCUT2D eigenvalue weighted by molar-refractivity contribution is 14.1. The molecule has 0 amide bonds. The van der Waals surface area contributed by atoms with Crippen LogP contribution in [0.2, 0.25) is 0 Å². The number of nitrogens with zero attached hydrogens (tertiary/aromatic N) is 3. The van der Waals surface area contributed by atoms with E-state index in [-0.39, 0.29) is 0 Å². The van der Waals surface area contributed by atoms with E-state index in [9.17, 15) is 0 Å². The van der Waals surface area contributed by atoms with E-state index in [4.69, 9.17) is 4.98 Å². The zero-order valence-corrected chi connectivity index (χ0v) is 14.4. The van der Waals surface area contributed by atoms with Crippen LogP contribution in [0, 0.1) is 17.4 Å². The van der Waals surface area contributed by atoms with Crippen molar-refractivity contribution in [2.45, 2.75) is 34.1 Å². The highest BCUT2D eigenvalue weighted by Crippen LogP contribution is 2.25. The number of anilines is 1. The van der Waals surface area contributed by atoms with Crippen molar-refractivity contribution in [3.05, 3.63) is 32.8 Å². The lowest BCUT2D eigenvalue weighted by atomic mass is 10.2. The third-order valence-electron chi connectivity index (χ3n) is 2.94. The molecule has 2 heterocycles. The maximum atomic E-state index is 4.70. The normalized spacial score (nSPS) is 10.7. The van der Waals surface area contributed by atoms with Gasteiger partial charge in [0.2, 0.25) is 0 Å². The van der Waals surface area contributed by atoms with Gasteiger partial charge < -0.3 is 5.32 Å². The van der Waals surface area contributed by atoms with Crippen LogP contribution in [0.15, 0.2) is 12.1 Å². The summed E-state index contributed by atoms with van der Waals surface area (Å²) >= 11 is 2.31. The van der Waals surface area contributed by atoms with Gasteiger partial charge in [0.05, 0.1) is 9.26 Å². The fourth-order valence-electron chi connectivity index (χ4n) is 2.11. The summed E-state index contributed by atoms with van der Waals surface area (Å²) in [4.78, 5) is 13.8. The SMILES string of the molecule is CCNc1nc(-c2cc(C)nc(C)c2)nc(CC)c1I. The molecular formula is C15H19IN4. The van der Waals surface area contributed by atoms with Gasteiger partial charge in [-0.25, -0.2) is 9.97 Å². The van der Waals surface area contributed by atoms with Crippen LogP contribution in [0.25, 0.3) is 11.4 Å². The largest absolute Gasteiger partial charge is 0.369 e. The van der Waals surface area contributed by atoms with E-state index >= 15 is 0 Å². The molecule has 106 valence electrons. The lowest BCUT2D eigenvalue weighted by molar-refractivity contribution is 0.980. The molecule has 0 aliphatic heterocycles. The molecule has 1 N–H and O–H groups in total. The highest BCUT2D eigenvalue weighted by Gasteiger charge is 2.12. The first-order chi connectivity index (χ1) is 9.55. The van der Waals surface area contributed by atoms with Crippen molar-refractivity contribution in [3.8, 4) is 11.4 Å². The number of rotatable bonds is 4. The van der Waals surface area contributed by atoms with Crippen molar-refractivity contribution in [3.63, 3.8) is 0 Å². The minimum atomic E-state index is 0.770. The van der Waals surface area contributed by atoms with Crippen LogP contribution >= 0.6 is 22.6 Å². The fourth-order valence-corrected chi connectivity index (χ4v) is 2.92. The van der Waals surface area contributed by atoms with Crippen molar-refractivity contribution in [2.75, 3.05) is 11.9 Å². The molecule has 0 atom stereocenters. The summed E-state index contributed by atoms with van der Waals surface area (Å²) in [6.07, 6.45) is 0.898. The summed E-state index contributed by atoms with van der Waals surface area (Å²) in [5.74, 6) is 1.69. The molecule has 20 heavy (non-hydrogen) atoms. The Morgan fingerprint density at radius 2 is 1.70 bits per heavy atom. The lowest BCUT2D eigenvalue weighted by Gasteiger charge is -2.12. The van der Waals surface area contributed by atoms with Gasteiger partial charge in [-0.3, -0.25) is 4.98 Å². The minimum absolute atomic E-state index is 0.770. The summed E-state index contributed by atoms with van der Waals surface area (Å²) in [6.45, 7) is 9.03. The van der Waals surface area contributed by atoms with Gasteiger partial charge in [-0.15, -0.1) is 0 Å². The van der Waals surface area contributed by atoms with Gasteiger partial charge in [0.15, 0.2) is 5.82 Å². The molecule has 0 saturated carbocycles. The molecule has 0 aliphatic carbocycles. The van der Waals surface area contributed by atoms with Crippen molar-refractivity contribution < 1.29 is 0 Å². The van der Waals surface area contributed by atoms with E-state index in [0.29, 0.717) is 0 Å². The molecule has 2 rings (SSSR count). The summed E-state index contributed by atoms with van der Waals surface area (Å²) in [5, 5.41) is 3.32. The van der Waals surface area contributed by atoms with E-state index in [0.717, 1.165) is 50.8 Å². The van der Waals surface area contributed by atoms with Gasteiger partial charge in [0.25, 0.3) is 0 Å². The fraction of sp³-hybridized carbons (Fsp3) is 0.400. The standard InChI is InChI=1S/C15H19IN4/c1-5-12-13(16)15(17-6-2)20-14(19-12)11-7-9(3)18-10(4)8-11/h7-8H,5-6H2,1-4H3,(H,17,19,20). The highest BCUT2D eigenvalue weighted by atomic mass is 127. The first kappa shape index (κ1) is 15.2. The second-order valence-corrected chi connectivity index (χ2v) is 5.76. The second kappa shape index (κ2) is 6.47. The minimum Gasteiger partial charge on any atom is -0.369 e. The third-order valence-corrected chi connectivity index (χ3v) is 4.07. The van der Waals surface area contributed by atoms with Crippen molar-refractivity contribution in [1.29, 1.82) is 0 Å². The molecule has 0 saturated heterocycles. The number of nitrogens with one attached hydrogen (secondary N) is 1. The van der Waals surface area contributed by atoms with Crippen molar-refractivity contribution in [2.24, 2.45) is 0 Å². The zero-order valence-electron chi connectivity index (χ0n) is 12.3. The molecular weight excluding hydrogens is 363 g/mol. The predicted molar refractivity (Wildman–Crippen MR) is 91.0 cm³/mol. The van der Waals surface area contributed by atoms with E-state index in [2.05, 4.69) is 51.7 Å². The first-order valence-corrected chi connectivity index (χ1v) is 7.89. The quantitative estimate of drug-likeness (QED) is 0.819. The Morgan fingerprint density at radius 3 is 2.25 bits per heavy atom. The van der Waals surface area contributed by atoms with Crippen LogP contribution in [0.3, 0.4) is 0 Å². The molecule has 4 nitrogen and oxygen atoms in total. The van der Waals surface area contributed by atoms with E-state index in [1.807, 2.05) is 26.0 Å². The Morgan fingerprint density at radius 1 is 1.05 bits per heavy atom. The number of aryl methyl sites for hydroxylation is 3. The van der Waals surface area contributed by atoms with Gasteiger partial charge in [-0.05, 0) is 61.9 Å². The monoisotopic (exact) mass is 382 g/mol. The number of hydrogen-bond donors (Lipinski definition) is 1. The van der Waals surface area contributed by atoms with Crippen molar-refractivity contribution in [1.82, 2.24) is 15.0 Å². The van der Waals surface area contributed by atoms with Crippen molar-refractivity contribution >= 4 is 28.4 Å². The molecule has 0 fully saturated rings. The maximum Gasteiger partial charge on any atom is 0.161 e. The molecule has 2 aromatic heterocycles. The molecule has 0 aliphatic rings. The number of aromatic nitrogens is 3. The van der Waals surface area contributed by atoms with Crippen LogP contribution < -0.4 is 5.32 Å². The van der Waals surface area contributed by atoms with Crippen LogP contribution in [0.1, 0.15) is 30.9 Å². The molecule has 2 aromatic rings. The smallest absolute Gasteiger partial charge is 0.161 e. The van der Waals surface area contributed by atoms with Gasteiger partial charge in [0.1, 0.15) is 5.82 Å². The van der Waals surface area contributed by atoms with E-state index < -0.39 is 0 Å². The molecule has 0 aromatic carbocycles. The Balaban J connectivity index is 2.58. The summed E-state index contributed by atoms with van der Waals surface area (Å²) < 4.78 is 1.11. The van der Waals surface area contributed by atoms with Gasteiger partial charge in [0, 0.05) is 23.5 Å². The molecule has 0 radical (unpaired) electrons. The van der Waals surface area contributed by atoms with E-state index in [1.54, 1.807) is 0 Å². The predicted octanol–water partition coefficient (Wildman–Crippen LogP) is 3.75. The lowest BCUT2D eigenvalue weighted by Crippen LogP contribution is -2.08. The second-order valence-electron chi connectivity index (χ2n) is 4.68. The number of pyridine rings is 1. The Kier molecular flexibility index (Phi) is 4.91. The third kappa shape index (κ3) is 3.26. The van der Waals surface area contributed by atoms with Gasteiger partial charge >= 0.3 is 0 Å². The maximum absolute atomic E-state index is 4.70. The first-order valence-electron chi connectivity index (χ1n) is 6.81. The molecule has 0 bridgehead atoms. The number of halogens is 1. The average molecular weight is 382 g/mol. The summed E-state index contributed by atoms with van der Waals surface area (Å²) in [5.41, 5.74) is 4.09. The van der Waals surface area contributed by atoms with E-state index in [1.165, 1.54) is 0 Å². The van der Waals surface area contributed by atoms with Gasteiger partial charge in [-0.2, -0.15) is 0 Å². The Hall–Kier alpha value is -1.24. The van der Waals surface area contributed by atoms with Crippen LogP contribution in [-0.2, 0) is 6.42 Å². The Bertz CT molecular complexity index is 605. The van der Waals surface area contributed by atoms with Gasteiger partial charge in [-0.1, -0.05) is 6.92 Å². The Labute approximate surface area is 133 Å². The molecule has 0 unspecified atom stereocenters. The molecule has 0 spiro atoms. The average Bonchev–Trinajstić information content (AvgIpc) is 2.40. The van der Waals surface area contributed by atoms with Crippen LogP contribution in [0.4, 0.5) is 5.82 Å². The summed E-state index contributed by atoms with van der Waals surface area (Å²) in [7, 11) is 0. The topological polar surface area (TPSA) is 50.7 Å². The summed E-state index contributed by atoms with van der Waals surface area (Å²) in [6, 6.07) is 4.06.